The van der Waals surface area contributed by atoms with E-state index >= 15 is 0 Å². The molecule has 3 heteroatoms. The fourth-order valence-electron chi connectivity index (χ4n) is 2.09. The van der Waals surface area contributed by atoms with E-state index in [1.165, 1.54) is 25.5 Å². The molecule has 0 atom stereocenters. The van der Waals surface area contributed by atoms with Crippen LogP contribution in [-0.2, 0) is 9.53 Å². The van der Waals surface area contributed by atoms with Gasteiger partial charge in [0.1, 0.15) is 0 Å². The molecule has 1 saturated carbocycles. The Morgan fingerprint density at radius 1 is 1.50 bits per heavy atom. The molecule has 3 nitrogen and oxygen atoms in total. The molecular formula is C11H17NO2. The van der Waals surface area contributed by atoms with Gasteiger partial charge in [0.15, 0.2) is 0 Å². The van der Waals surface area contributed by atoms with Crippen LogP contribution in [0.15, 0.2) is 11.1 Å². The number of esters is 1. The number of hydrogen-bond acceptors (Lipinski definition) is 3. The Balaban J connectivity index is 2.21. The fraction of sp³-hybridized carbons (Fsp3) is 0.727. The number of carbonyl (C=O) groups excluding carboxylic acids is 1. The molecule has 2 rings (SSSR count). The quantitative estimate of drug-likeness (QED) is 0.620. The zero-order valence-electron chi connectivity index (χ0n) is 8.88. The second-order valence-corrected chi connectivity index (χ2v) is 4.26. The van der Waals surface area contributed by atoms with Crippen LogP contribution in [0.2, 0.25) is 0 Å². The van der Waals surface area contributed by atoms with Gasteiger partial charge in [-0.15, -0.1) is 0 Å². The van der Waals surface area contributed by atoms with Crippen molar-refractivity contribution in [2.45, 2.75) is 19.3 Å². The highest BCUT2D eigenvalue weighted by Crippen LogP contribution is 2.40. The zero-order chi connectivity index (χ0) is 10.1. The third kappa shape index (κ3) is 1.82. The summed E-state index contributed by atoms with van der Waals surface area (Å²) in [5, 5.41) is 0. The van der Waals surface area contributed by atoms with Crippen molar-refractivity contribution >= 4 is 5.97 Å². The van der Waals surface area contributed by atoms with Gasteiger partial charge in [-0.25, -0.2) is 4.79 Å². The average molecular weight is 195 g/mol. The molecule has 0 unspecified atom stereocenters. The number of methoxy groups -OCH3 is 1. The Bertz CT molecular complexity index is 279. The molecule has 2 aliphatic rings. The van der Waals surface area contributed by atoms with Gasteiger partial charge in [-0.1, -0.05) is 0 Å². The van der Waals surface area contributed by atoms with Crippen LogP contribution < -0.4 is 0 Å². The third-order valence-corrected chi connectivity index (χ3v) is 3.07. The minimum Gasteiger partial charge on any atom is -0.466 e. The minimum atomic E-state index is -0.111. The van der Waals surface area contributed by atoms with E-state index < -0.39 is 0 Å². The maximum atomic E-state index is 11.5. The van der Waals surface area contributed by atoms with Gasteiger partial charge in [-0.2, -0.15) is 0 Å². The zero-order valence-corrected chi connectivity index (χ0v) is 8.88. The number of rotatable bonds is 2. The highest BCUT2D eigenvalue weighted by molar-refractivity contribution is 5.89. The lowest BCUT2D eigenvalue weighted by molar-refractivity contribution is -0.136. The summed E-state index contributed by atoms with van der Waals surface area (Å²) in [6.07, 6.45) is 3.36. The maximum Gasteiger partial charge on any atom is 0.333 e. The number of carbonyl (C=O) groups is 1. The predicted molar refractivity (Wildman–Crippen MR) is 53.9 cm³/mol. The Morgan fingerprint density at radius 3 is 2.79 bits per heavy atom. The van der Waals surface area contributed by atoms with Crippen molar-refractivity contribution in [3.05, 3.63) is 11.1 Å². The number of likely N-dealkylation sites (N-methyl/N-ethyl adjacent to an activating group) is 1. The summed E-state index contributed by atoms with van der Waals surface area (Å²) in [7, 11) is 3.58. The number of hydrogen-bond donors (Lipinski definition) is 0. The van der Waals surface area contributed by atoms with E-state index in [0.717, 1.165) is 25.1 Å². The van der Waals surface area contributed by atoms with Gasteiger partial charge in [0, 0.05) is 18.7 Å². The van der Waals surface area contributed by atoms with Crippen LogP contribution in [0, 0.1) is 5.92 Å². The summed E-state index contributed by atoms with van der Waals surface area (Å²) in [6.45, 7) is 1.93. The van der Waals surface area contributed by atoms with Crippen LogP contribution in [0.5, 0.6) is 0 Å². The van der Waals surface area contributed by atoms with E-state index in [1.54, 1.807) is 0 Å². The maximum absolute atomic E-state index is 11.5. The lowest BCUT2D eigenvalue weighted by atomic mass is 9.97. The van der Waals surface area contributed by atoms with Crippen molar-refractivity contribution in [1.29, 1.82) is 0 Å². The Kier molecular flexibility index (Phi) is 2.59. The Labute approximate surface area is 84.7 Å². The summed E-state index contributed by atoms with van der Waals surface area (Å²) >= 11 is 0. The first-order valence-electron chi connectivity index (χ1n) is 5.21. The second kappa shape index (κ2) is 3.73. The largest absolute Gasteiger partial charge is 0.466 e. The highest BCUT2D eigenvalue weighted by Gasteiger charge is 2.33. The molecule has 1 heterocycles. The van der Waals surface area contributed by atoms with Gasteiger partial charge >= 0.3 is 5.97 Å². The molecule has 0 radical (unpaired) electrons. The summed E-state index contributed by atoms with van der Waals surface area (Å²) < 4.78 is 4.82. The topological polar surface area (TPSA) is 29.5 Å². The molecule has 0 aromatic heterocycles. The van der Waals surface area contributed by atoms with Gasteiger partial charge in [0.2, 0.25) is 0 Å². The summed E-state index contributed by atoms with van der Waals surface area (Å²) in [4.78, 5) is 13.8. The van der Waals surface area contributed by atoms with E-state index in [-0.39, 0.29) is 5.97 Å². The Hall–Kier alpha value is -0.830. The van der Waals surface area contributed by atoms with Crippen molar-refractivity contribution in [3.63, 3.8) is 0 Å². The number of nitrogens with zero attached hydrogens (tertiary/aromatic N) is 1. The summed E-state index contributed by atoms with van der Waals surface area (Å²) in [5.41, 5.74) is 2.29. The summed E-state index contributed by atoms with van der Waals surface area (Å²) in [5.74, 6) is 0.562. The lowest BCUT2D eigenvalue weighted by Crippen LogP contribution is -2.31. The molecule has 78 valence electrons. The van der Waals surface area contributed by atoms with Crippen molar-refractivity contribution in [1.82, 2.24) is 4.90 Å². The molecule has 0 bridgehead atoms. The average Bonchev–Trinajstić information content (AvgIpc) is 3.00. The van der Waals surface area contributed by atoms with Gasteiger partial charge in [0.25, 0.3) is 0 Å². The van der Waals surface area contributed by atoms with Gasteiger partial charge in [-0.3, -0.25) is 0 Å². The van der Waals surface area contributed by atoms with E-state index in [9.17, 15) is 4.79 Å². The third-order valence-electron chi connectivity index (χ3n) is 3.07. The molecular weight excluding hydrogens is 178 g/mol. The molecule has 0 N–H and O–H groups in total. The molecule has 0 aromatic rings. The lowest BCUT2D eigenvalue weighted by Gasteiger charge is -2.26. The standard InChI is InChI=1S/C11H17NO2/c1-12-6-5-9(11(13)14-2)10(7-12)8-3-4-8/h8H,3-7H2,1-2H3. The van der Waals surface area contributed by atoms with Crippen molar-refractivity contribution in [2.75, 3.05) is 27.2 Å². The fourth-order valence-corrected chi connectivity index (χ4v) is 2.09. The molecule has 1 aliphatic carbocycles. The van der Waals surface area contributed by atoms with Crippen LogP contribution in [0.1, 0.15) is 19.3 Å². The van der Waals surface area contributed by atoms with Crippen LogP contribution in [0.25, 0.3) is 0 Å². The highest BCUT2D eigenvalue weighted by atomic mass is 16.5. The number of ether oxygens (including phenoxy) is 1. The molecule has 0 saturated heterocycles. The first-order chi connectivity index (χ1) is 6.72. The van der Waals surface area contributed by atoms with Crippen LogP contribution in [0.3, 0.4) is 0 Å². The molecule has 1 aliphatic heterocycles. The first kappa shape index (κ1) is 9.71. The smallest absolute Gasteiger partial charge is 0.333 e. The predicted octanol–water partition coefficient (Wildman–Crippen LogP) is 1.20. The minimum absolute atomic E-state index is 0.111. The van der Waals surface area contributed by atoms with Crippen molar-refractivity contribution < 1.29 is 9.53 Å². The Morgan fingerprint density at radius 2 is 2.21 bits per heavy atom. The van der Waals surface area contributed by atoms with Crippen LogP contribution in [-0.4, -0.2) is 38.1 Å². The monoisotopic (exact) mass is 195 g/mol. The summed E-state index contributed by atoms with van der Waals surface area (Å²) in [6, 6.07) is 0. The van der Waals surface area contributed by atoms with E-state index in [4.69, 9.17) is 4.74 Å². The molecule has 14 heavy (non-hydrogen) atoms. The second-order valence-electron chi connectivity index (χ2n) is 4.26. The van der Waals surface area contributed by atoms with E-state index in [2.05, 4.69) is 11.9 Å². The molecule has 1 fully saturated rings. The van der Waals surface area contributed by atoms with E-state index in [1.807, 2.05) is 0 Å². The van der Waals surface area contributed by atoms with Crippen LogP contribution in [0.4, 0.5) is 0 Å². The first-order valence-corrected chi connectivity index (χ1v) is 5.21. The van der Waals surface area contributed by atoms with Gasteiger partial charge in [0.05, 0.1) is 7.11 Å². The van der Waals surface area contributed by atoms with Crippen molar-refractivity contribution in [2.24, 2.45) is 5.92 Å². The molecule has 0 aromatic carbocycles. The SMILES string of the molecule is COC(=O)C1=C(C2CC2)CN(C)CC1. The molecule has 0 spiro atoms. The van der Waals surface area contributed by atoms with Gasteiger partial charge in [-0.05, 0) is 37.8 Å². The normalized spacial score (nSPS) is 23.9. The van der Waals surface area contributed by atoms with Crippen LogP contribution >= 0.6 is 0 Å². The van der Waals surface area contributed by atoms with Gasteiger partial charge < -0.3 is 9.64 Å². The molecule has 0 amide bonds. The van der Waals surface area contributed by atoms with E-state index in [0.29, 0.717) is 5.92 Å². The van der Waals surface area contributed by atoms with Crippen molar-refractivity contribution in [3.8, 4) is 0 Å².